The summed E-state index contributed by atoms with van der Waals surface area (Å²) >= 11 is 0. The molecule has 0 bridgehead atoms. The highest BCUT2D eigenvalue weighted by Gasteiger charge is 2.43. The van der Waals surface area contributed by atoms with Crippen LogP contribution in [0.25, 0.3) is 0 Å². The summed E-state index contributed by atoms with van der Waals surface area (Å²) in [5, 5.41) is 11.7. The van der Waals surface area contributed by atoms with Gasteiger partial charge in [-0.1, -0.05) is 0 Å². The number of anilines is 2. The SMILES string of the molecule is N#CN1CC[C@@H](N2CCN(c3ccc4c(c3)NC(=O)CO4)S2(=O)=O)C1. The van der Waals surface area contributed by atoms with Gasteiger partial charge in [0.2, 0.25) is 0 Å². The van der Waals surface area contributed by atoms with E-state index in [1.54, 1.807) is 23.1 Å². The number of rotatable bonds is 2. The number of benzene rings is 1. The van der Waals surface area contributed by atoms with E-state index in [1.807, 2.05) is 0 Å². The molecule has 0 aliphatic carbocycles. The molecule has 0 unspecified atom stereocenters. The quantitative estimate of drug-likeness (QED) is 0.738. The molecule has 1 atom stereocenters. The van der Waals surface area contributed by atoms with Crippen LogP contribution in [-0.2, 0) is 15.0 Å². The Labute approximate surface area is 145 Å². The molecule has 2 saturated heterocycles. The maximum atomic E-state index is 12.9. The highest BCUT2D eigenvalue weighted by Crippen LogP contribution is 2.35. The van der Waals surface area contributed by atoms with Gasteiger partial charge in [0, 0.05) is 32.2 Å². The predicted octanol–water partition coefficient (Wildman–Crippen LogP) is -0.0603. The highest BCUT2D eigenvalue weighted by molar-refractivity contribution is 7.90. The third kappa shape index (κ3) is 2.65. The van der Waals surface area contributed by atoms with Crippen molar-refractivity contribution >= 4 is 27.5 Å². The molecule has 1 aromatic carbocycles. The Morgan fingerprint density at radius 2 is 2.12 bits per heavy atom. The van der Waals surface area contributed by atoms with Gasteiger partial charge >= 0.3 is 10.2 Å². The Balaban J connectivity index is 1.59. The van der Waals surface area contributed by atoms with E-state index < -0.39 is 10.2 Å². The molecular formula is C15H17N5O4S. The van der Waals surface area contributed by atoms with Crippen molar-refractivity contribution in [2.45, 2.75) is 12.5 Å². The molecule has 0 saturated carbocycles. The third-order valence-corrected chi connectivity index (χ3v) is 6.72. The summed E-state index contributed by atoms with van der Waals surface area (Å²) < 4.78 is 34.0. The van der Waals surface area contributed by atoms with E-state index in [2.05, 4.69) is 11.5 Å². The average molecular weight is 363 g/mol. The minimum absolute atomic E-state index is 0.0425. The fourth-order valence-electron chi connectivity index (χ4n) is 3.47. The summed E-state index contributed by atoms with van der Waals surface area (Å²) in [5.41, 5.74) is 0.959. The van der Waals surface area contributed by atoms with Crippen LogP contribution in [0, 0.1) is 11.5 Å². The zero-order valence-corrected chi connectivity index (χ0v) is 14.2. The van der Waals surface area contributed by atoms with E-state index >= 15 is 0 Å². The first-order valence-corrected chi connectivity index (χ1v) is 9.39. The van der Waals surface area contributed by atoms with Gasteiger partial charge in [-0.15, -0.1) is 0 Å². The highest BCUT2D eigenvalue weighted by atomic mass is 32.2. The summed E-state index contributed by atoms with van der Waals surface area (Å²) in [6.45, 7) is 1.68. The average Bonchev–Trinajstić information content (AvgIpc) is 3.17. The lowest BCUT2D eigenvalue weighted by Gasteiger charge is -2.25. The van der Waals surface area contributed by atoms with Crippen LogP contribution < -0.4 is 14.4 Å². The number of hydrogen-bond donors (Lipinski definition) is 1. The van der Waals surface area contributed by atoms with Crippen LogP contribution in [0.1, 0.15) is 6.42 Å². The largest absolute Gasteiger partial charge is 0.482 e. The van der Waals surface area contributed by atoms with Crippen LogP contribution >= 0.6 is 0 Å². The van der Waals surface area contributed by atoms with Gasteiger partial charge in [-0.3, -0.25) is 9.10 Å². The van der Waals surface area contributed by atoms with E-state index in [4.69, 9.17) is 10.00 Å². The Kier molecular flexibility index (Phi) is 3.70. The summed E-state index contributed by atoms with van der Waals surface area (Å²) in [5.74, 6) is 0.260. The molecule has 1 aromatic rings. The Morgan fingerprint density at radius 3 is 2.88 bits per heavy atom. The summed E-state index contributed by atoms with van der Waals surface area (Å²) in [4.78, 5) is 13.0. The lowest BCUT2D eigenvalue weighted by molar-refractivity contribution is -0.118. The van der Waals surface area contributed by atoms with Crippen LogP contribution in [0.4, 0.5) is 11.4 Å². The smallest absolute Gasteiger partial charge is 0.304 e. The molecule has 0 aromatic heterocycles. The van der Waals surface area contributed by atoms with Crippen LogP contribution in [0.15, 0.2) is 18.2 Å². The van der Waals surface area contributed by atoms with Crippen molar-refractivity contribution in [2.24, 2.45) is 0 Å². The number of carbonyl (C=O) groups excluding carboxylic acids is 1. The number of hydrogen-bond acceptors (Lipinski definition) is 6. The van der Waals surface area contributed by atoms with Crippen LogP contribution in [-0.4, -0.2) is 62.4 Å². The second kappa shape index (κ2) is 5.79. The van der Waals surface area contributed by atoms with Gasteiger partial charge in [0.1, 0.15) is 5.75 Å². The molecule has 0 radical (unpaired) electrons. The molecule has 9 nitrogen and oxygen atoms in total. The second-order valence-corrected chi connectivity index (χ2v) is 8.00. The van der Waals surface area contributed by atoms with Crippen LogP contribution in [0.2, 0.25) is 0 Å². The first-order valence-electron chi connectivity index (χ1n) is 8.00. The molecule has 132 valence electrons. The number of nitrogens with zero attached hydrogens (tertiary/aromatic N) is 4. The Morgan fingerprint density at radius 1 is 1.28 bits per heavy atom. The summed E-state index contributed by atoms with van der Waals surface area (Å²) in [6.07, 6.45) is 2.72. The van der Waals surface area contributed by atoms with Crippen molar-refractivity contribution in [3.05, 3.63) is 18.2 Å². The first-order chi connectivity index (χ1) is 12.0. The maximum absolute atomic E-state index is 12.9. The first kappa shape index (κ1) is 16.0. The van der Waals surface area contributed by atoms with Gasteiger partial charge in [-0.05, 0) is 24.6 Å². The molecule has 3 aliphatic heterocycles. The molecule has 0 spiro atoms. The number of likely N-dealkylation sites (tertiary alicyclic amines) is 1. The van der Waals surface area contributed by atoms with Crippen molar-refractivity contribution in [1.29, 1.82) is 5.26 Å². The number of carbonyl (C=O) groups is 1. The number of ether oxygens (including phenoxy) is 1. The summed E-state index contributed by atoms with van der Waals surface area (Å²) in [6, 6.07) is 4.77. The Hall–Kier alpha value is -2.51. The topological polar surface area (TPSA) is 106 Å². The van der Waals surface area contributed by atoms with Crippen molar-refractivity contribution < 1.29 is 17.9 Å². The van der Waals surface area contributed by atoms with E-state index in [0.29, 0.717) is 49.7 Å². The van der Waals surface area contributed by atoms with Gasteiger partial charge in [-0.25, -0.2) is 0 Å². The van der Waals surface area contributed by atoms with E-state index in [1.165, 1.54) is 8.61 Å². The fourth-order valence-corrected chi connectivity index (χ4v) is 5.28. The molecule has 25 heavy (non-hydrogen) atoms. The number of fused-ring (bicyclic) bond motifs is 1. The number of nitrogens with one attached hydrogen (secondary N) is 1. The van der Waals surface area contributed by atoms with Gasteiger partial charge in [-0.2, -0.15) is 18.0 Å². The van der Waals surface area contributed by atoms with Gasteiger partial charge in [0.05, 0.1) is 11.4 Å². The lowest BCUT2D eigenvalue weighted by atomic mass is 10.2. The maximum Gasteiger partial charge on any atom is 0.304 e. The molecule has 3 aliphatic rings. The van der Waals surface area contributed by atoms with Gasteiger partial charge in [0.15, 0.2) is 12.8 Å². The number of amides is 1. The van der Waals surface area contributed by atoms with E-state index in [9.17, 15) is 13.2 Å². The van der Waals surface area contributed by atoms with E-state index in [0.717, 1.165) is 0 Å². The minimum atomic E-state index is -3.66. The van der Waals surface area contributed by atoms with Crippen molar-refractivity contribution in [3.63, 3.8) is 0 Å². The van der Waals surface area contributed by atoms with Crippen LogP contribution in [0.3, 0.4) is 0 Å². The molecule has 3 heterocycles. The zero-order valence-electron chi connectivity index (χ0n) is 13.4. The van der Waals surface area contributed by atoms with Crippen molar-refractivity contribution in [2.75, 3.05) is 42.4 Å². The molecule has 1 N–H and O–H groups in total. The molecule has 10 heteroatoms. The fraction of sp³-hybridized carbons (Fsp3) is 0.467. The van der Waals surface area contributed by atoms with Crippen molar-refractivity contribution in [3.8, 4) is 11.9 Å². The summed E-state index contributed by atoms with van der Waals surface area (Å²) in [7, 11) is -3.66. The normalized spacial score (nSPS) is 25.2. The molecular weight excluding hydrogens is 346 g/mol. The third-order valence-electron chi connectivity index (χ3n) is 4.69. The number of nitriles is 1. The standard InChI is InChI=1S/C15H17N5O4S/c16-10-18-4-3-12(8-18)20-6-5-19(25(20,22)23)11-1-2-14-13(7-11)17-15(21)9-24-14/h1-2,7,12H,3-6,8-9H2,(H,17,21)/t12-/m1/s1. The Bertz CT molecular complexity index is 865. The second-order valence-electron chi connectivity index (χ2n) is 6.20. The zero-order chi connectivity index (χ0) is 17.6. The van der Waals surface area contributed by atoms with Crippen molar-refractivity contribution in [1.82, 2.24) is 9.21 Å². The molecule has 1 amide bonds. The lowest BCUT2D eigenvalue weighted by Crippen LogP contribution is -2.41. The van der Waals surface area contributed by atoms with E-state index in [-0.39, 0.29) is 18.6 Å². The molecule has 2 fully saturated rings. The van der Waals surface area contributed by atoms with Crippen LogP contribution in [0.5, 0.6) is 5.75 Å². The monoisotopic (exact) mass is 363 g/mol. The minimum Gasteiger partial charge on any atom is -0.482 e. The predicted molar refractivity (Wildman–Crippen MR) is 89.1 cm³/mol. The molecule has 4 rings (SSSR count). The van der Waals surface area contributed by atoms with Gasteiger partial charge in [0.25, 0.3) is 5.91 Å². The van der Waals surface area contributed by atoms with Gasteiger partial charge < -0.3 is 15.0 Å².